The Morgan fingerprint density at radius 3 is 2.60 bits per heavy atom. The molecule has 0 amide bonds. The largest absolute Gasteiger partial charge is 0.446 e. The lowest BCUT2D eigenvalue weighted by atomic mass is 10.1. The summed E-state index contributed by atoms with van der Waals surface area (Å²) >= 11 is -0.169. The van der Waals surface area contributed by atoms with E-state index < -0.39 is 5.51 Å². The first kappa shape index (κ1) is 12.1. The lowest BCUT2D eigenvalue weighted by molar-refractivity contribution is -0.116. The predicted molar refractivity (Wildman–Crippen MR) is 52.7 cm³/mol. The van der Waals surface area contributed by atoms with Crippen LogP contribution in [-0.2, 0) is 11.2 Å². The highest BCUT2D eigenvalue weighted by Gasteiger charge is 2.29. The molecule has 0 atom stereocenters. The summed E-state index contributed by atoms with van der Waals surface area (Å²) in [5.74, 6) is -0.0656. The van der Waals surface area contributed by atoms with E-state index >= 15 is 0 Å². The summed E-state index contributed by atoms with van der Waals surface area (Å²) < 4.78 is 36.1. The Bertz CT molecular complexity index is 360. The van der Waals surface area contributed by atoms with Gasteiger partial charge in [0, 0.05) is 11.3 Å². The minimum atomic E-state index is -4.28. The molecule has 0 aliphatic heterocycles. The van der Waals surface area contributed by atoms with Gasteiger partial charge < -0.3 is 0 Å². The van der Waals surface area contributed by atoms with Gasteiger partial charge >= 0.3 is 5.51 Å². The molecule has 1 aromatic rings. The Kier molecular flexibility index (Phi) is 3.79. The normalized spacial score (nSPS) is 11.5. The van der Waals surface area contributed by atoms with Crippen LogP contribution >= 0.6 is 11.8 Å². The smallest absolute Gasteiger partial charge is 0.300 e. The second-order valence-corrected chi connectivity index (χ2v) is 4.21. The van der Waals surface area contributed by atoms with Crippen molar-refractivity contribution in [1.82, 2.24) is 0 Å². The van der Waals surface area contributed by atoms with Crippen LogP contribution in [0.1, 0.15) is 12.5 Å². The monoisotopic (exact) mass is 234 g/mol. The van der Waals surface area contributed by atoms with E-state index in [1.807, 2.05) is 0 Å². The van der Waals surface area contributed by atoms with Crippen molar-refractivity contribution in [1.29, 1.82) is 0 Å². The van der Waals surface area contributed by atoms with Gasteiger partial charge in [0.25, 0.3) is 0 Å². The van der Waals surface area contributed by atoms with Crippen LogP contribution in [0.2, 0.25) is 0 Å². The van der Waals surface area contributed by atoms with Crippen molar-refractivity contribution in [2.24, 2.45) is 0 Å². The van der Waals surface area contributed by atoms with E-state index in [1.54, 1.807) is 6.07 Å². The van der Waals surface area contributed by atoms with Crippen LogP contribution in [0.5, 0.6) is 0 Å². The molecular formula is C10H9F3OS. The Morgan fingerprint density at radius 2 is 2.07 bits per heavy atom. The van der Waals surface area contributed by atoms with E-state index in [4.69, 9.17) is 0 Å². The second kappa shape index (κ2) is 4.70. The van der Waals surface area contributed by atoms with Crippen LogP contribution in [0, 0.1) is 0 Å². The van der Waals surface area contributed by atoms with E-state index in [0.717, 1.165) is 0 Å². The van der Waals surface area contributed by atoms with Crippen LogP contribution in [-0.4, -0.2) is 11.3 Å². The third kappa shape index (κ3) is 4.88. The van der Waals surface area contributed by atoms with Crippen molar-refractivity contribution in [2.45, 2.75) is 23.7 Å². The molecule has 15 heavy (non-hydrogen) atoms. The van der Waals surface area contributed by atoms with Gasteiger partial charge in [-0.15, -0.1) is 0 Å². The number of thioether (sulfide) groups is 1. The molecule has 0 N–H and O–H groups in total. The fraction of sp³-hybridized carbons (Fsp3) is 0.300. The minimum Gasteiger partial charge on any atom is -0.300 e. The second-order valence-electron chi connectivity index (χ2n) is 3.07. The Balaban J connectivity index is 2.79. The maximum atomic E-state index is 12.0. The molecule has 0 heterocycles. The van der Waals surface area contributed by atoms with Gasteiger partial charge in [0.1, 0.15) is 5.78 Å². The summed E-state index contributed by atoms with van der Waals surface area (Å²) in [6.45, 7) is 1.41. The molecule has 1 aromatic carbocycles. The lowest BCUT2D eigenvalue weighted by Gasteiger charge is -2.06. The summed E-state index contributed by atoms with van der Waals surface area (Å²) in [6, 6.07) is 5.93. The van der Waals surface area contributed by atoms with E-state index in [9.17, 15) is 18.0 Å². The Hall–Kier alpha value is -0.970. The zero-order valence-electron chi connectivity index (χ0n) is 7.97. The molecule has 1 rings (SSSR count). The zero-order chi connectivity index (χ0) is 11.5. The molecule has 0 saturated heterocycles. The van der Waals surface area contributed by atoms with Crippen LogP contribution in [0.4, 0.5) is 13.2 Å². The molecule has 82 valence electrons. The number of alkyl halides is 3. The first-order chi connectivity index (χ1) is 6.87. The van der Waals surface area contributed by atoms with Gasteiger partial charge in [0.2, 0.25) is 0 Å². The van der Waals surface area contributed by atoms with Crippen molar-refractivity contribution in [3.05, 3.63) is 29.8 Å². The van der Waals surface area contributed by atoms with Gasteiger partial charge in [-0.25, -0.2) is 0 Å². The first-order valence-corrected chi connectivity index (χ1v) is 5.02. The van der Waals surface area contributed by atoms with E-state index in [-0.39, 0.29) is 28.9 Å². The molecule has 0 bridgehead atoms. The quantitative estimate of drug-likeness (QED) is 0.745. The summed E-state index contributed by atoms with van der Waals surface area (Å²) in [7, 11) is 0. The number of hydrogen-bond donors (Lipinski definition) is 0. The fourth-order valence-electron chi connectivity index (χ4n) is 1.14. The third-order valence-electron chi connectivity index (χ3n) is 1.59. The van der Waals surface area contributed by atoms with Crippen LogP contribution < -0.4 is 0 Å². The van der Waals surface area contributed by atoms with Crippen LogP contribution in [0.3, 0.4) is 0 Å². The van der Waals surface area contributed by atoms with Crippen molar-refractivity contribution in [3.63, 3.8) is 0 Å². The van der Waals surface area contributed by atoms with Gasteiger partial charge in [-0.3, -0.25) is 4.79 Å². The number of ketones is 1. The number of hydrogen-bond acceptors (Lipinski definition) is 2. The summed E-state index contributed by atoms with van der Waals surface area (Å²) in [6.07, 6.45) is 0.173. The maximum Gasteiger partial charge on any atom is 0.446 e. The zero-order valence-corrected chi connectivity index (χ0v) is 8.78. The maximum absolute atomic E-state index is 12.0. The molecule has 0 aromatic heterocycles. The van der Waals surface area contributed by atoms with Gasteiger partial charge in [0.05, 0.1) is 0 Å². The van der Waals surface area contributed by atoms with Crippen molar-refractivity contribution >= 4 is 17.5 Å². The molecule has 0 fully saturated rings. The molecule has 0 spiro atoms. The van der Waals surface area contributed by atoms with Crippen molar-refractivity contribution in [2.75, 3.05) is 0 Å². The number of halogens is 3. The summed E-state index contributed by atoms with van der Waals surface area (Å²) in [4.78, 5) is 10.9. The highest BCUT2D eigenvalue weighted by atomic mass is 32.2. The molecule has 0 aliphatic carbocycles. The number of carbonyl (C=O) groups excluding carboxylic acids is 1. The first-order valence-electron chi connectivity index (χ1n) is 4.21. The molecule has 1 nitrogen and oxygen atoms in total. The topological polar surface area (TPSA) is 17.1 Å². The predicted octanol–water partition coefficient (Wildman–Crippen LogP) is 3.43. The number of rotatable bonds is 3. The number of carbonyl (C=O) groups is 1. The molecule has 0 saturated carbocycles. The average Bonchev–Trinajstić information content (AvgIpc) is 1.99. The average molecular weight is 234 g/mol. The highest BCUT2D eigenvalue weighted by molar-refractivity contribution is 8.00. The Morgan fingerprint density at radius 1 is 1.40 bits per heavy atom. The van der Waals surface area contributed by atoms with Gasteiger partial charge in [-0.2, -0.15) is 13.2 Å². The van der Waals surface area contributed by atoms with Crippen LogP contribution in [0.25, 0.3) is 0 Å². The molecule has 0 radical (unpaired) electrons. The summed E-state index contributed by atoms with van der Waals surface area (Å²) in [5, 5.41) is 0. The van der Waals surface area contributed by atoms with E-state index in [0.29, 0.717) is 5.56 Å². The van der Waals surface area contributed by atoms with Crippen molar-refractivity contribution < 1.29 is 18.0 Å². The van der Waals surface area contributed by atoms with E-state index in [2.05, 4.69) is 0 Å². The third-order valence-corrected chi connectivity index (χ3v) is 2.31. The van der Waals surface area contributed by atoms with Gasteiger partial charge in [-0.1, -0.05) is 12.1 Å². The standard InChI is InChI=1S/C10H9F3OS/c1-7(14)5-8-3-2-4-9(6-8)15-10(11,12)13/h2-4,6H,5H2,1H3. The van der Waals surface area contributed by atoms with E-state index in [1.165, 1.54) is 25.1 Å². The molecule has 5 heteroatoms. The van der Waals surface area contributed by atoms with Gasteiger partial charge in [0.15, 0.2) is 0 Å². The Labute approximate surface area is 89.7 Å². The summed E-state index contributed by atoms with van der Waals surface area (Å²) in [5.41, 5.74) is -3.67. The fourth-order valence-corrected chi connectivity index (χ4v) is 1.76. The van der Waals surface area contributed by atoms with Crippen molar-refractivity contribution in [3.8, 4) is 0 Å². The minimum absolute atomic E-state index is 0.0656. The SMILES string of the molecule is CC(=O)Cc1cccc(SC(F)(F)F)c1. The molecule has 0 aliphatic rings. The van der Waals surface area contributed by atoms with Crippen LogP contribution in [0.15, 0.2) is 29.2 Å². The van der Waals surface area contributed by atoms with Gasteiger partial charge in [-0.05, 0) is 36.4 Å². The number of Topliss-reactive ketones (excluding diaryl/α,β-unsaturated/α-hetero) is 1. The highest BCUT2D eigenvalue weighted by Crippen LogP contribution is 2.36. The lowest BCUT2D eigenvalue weighted by Crippen LogP contribution is -2.00. The molecule has 0 unspecified atom stereocenters. The molecular weight excluding hydrogens is 225 g/mol. The number of benzene rings is 1.